The lowest BCUT2D eigenvalue weighted by Crippen LogP contribution is -2.21. The van der Waals surface area contributed by atoms with Crippen LogP contribution in [0.4, 0.5) is 0 Å². The number of nitrogens with zero attached hydrogens (tertiary/aromatic N) is 1. The highest BCUT2D eigenvalue weighted by Crippen LogP contribution is 2.27. The summed E-state index contributed by atoms with van der Waals surface area (Å²) in [5, 5.41) is 1.60. The highest BCUT2D eigenvalue weighted by atomic mass is 28.2. The van der Waals surface area contributed by atoms with Gasteiger partial charge in [0, 0.05) is 14.1 Å². The van der Waals surface area contributed by atoms with Gasteiger partial charge in [0.15, 0.2) is 0 Å². The van der Waals surface area contributed by atoms with Crippen LogP contribution in [0.5, 0.6) is 0 Å². The molecular formula is C11H15NSi. The molecule has 0 bridgehead atoms. The minimum atomic E-state index is -0.336. The van der Waals surface area contributed by atoms with Crippen LogP contribution < -0.4 is 0 Å². The molecule has 1 nitrogen and oxygen atoms in total. The van der Waals surface area contributed by atoms with E-state index in [0.717, 1.165) is 5.70 Å². The van der Waals surface area contributed by atoms with Crippen LogP contribution in [-0.2, 0) is 0 Å². The molecule has 0 spiro atoms. The minimum absolute atomic E-state index is 0.336. The van der Waals surface area contributed by atoms with Crippen molar-refractivity contribution in [3.05, 3.63) is 23.4 Å². The first-order valence-electron chi connectivity index (χ1n) is 4.76. The predicted molar refractivity (Wildman–Crippen MR) is 60.9 cm³/mol. The first-order chi connectivity index (χ1) is 6.09. The van der Waals surface area contributed by atoms with E-state index in [4.69, 9.17) is 0 Å². The van der Waals surface area contributed by atoms with Crippen molar-refractivity contribution in [2.24, 2.45) is 10.9 Å². The SMILES string of the molecule is CC1=CC2=CC(C)C(=[Si](C)C)C2=N1. The Bertz CT molecular complexity index is 379. The first-order valence-corrected chi connectivity index (χ1v) is 7.26. The third kappa shape index (κ3) is 1.29. The van der Waals surface area contributed by atoms with E-state index in [1.54, 1.807) is 5.17 Å². The van der Waals surface area contributed by atoms with Crippen LogP contribution in [0.2, 0.25) is 13.1 Å². The molecular weight excluding hydrogens is 174 g/mol. The topological polar surface area (TPSA) is 12.4 Å². The van der Waals surface area contributed by atoms with Crippen molar-refractivity contribution in [2.75, 3.05) is 0 Å². The van der Waals surface area contributed by atoms with Gasteiger partial charge >= 0.3 is 0 Å². The van der Waals surface area contributed by atoms with Crippen LogP contribution >= 0.6 is 0 Å². The van der Waals surface area contributed by atoms with Gasteiger partial charge in [0.1, 0.15) is 0 Å². The molecule has 0 aromatic rings. The Hall–Kier alpha value is -0.763. The van der Waals surface area contributed by atoms with Crippen molar-refractivity contribution < 1.29 is 0 Å². The normalized spacial score (nSPS) is 25.4. The summed E-state index contributed by atoms with van der Waals surface area (Å²) in [6, 6.07) is 0. The number of hydrogen-bond donors (Lipinski definition) is 0. The zero-order valence-corrected chi connectivity index (χ0v) is 9.68. The summed E-state index contributed by atoms with van der Waals surface area (Å²) in [5.41, 5.74) is 3.82. The van der Waals surface area contributed by atoms with Gasteiger partial charge in [-0.3, -0.25) is 4.99 Å². The molecule has 1 atom stereocenters. The van der Waals surface area contributed by atoms with E-state index in [1.165, 1.54) is 11.3 Å². The van der Waals surface area contributed by atoms with E-state index in [2.05, 4.69) is 44.1 Å². The average molecular weight is 189 g/mol. The summed E-state index contributed by atoms with van der Waals surface area (Å²) < 4.78 is 0. The second-order valence-electron chi connectivity index (χ2n) is 4.07. The second-order valence-corrected chi connectivity index (χ2v) is 6.61. The smallest absolute Gasteiger partial charge is 0.0693 e. The maximum Gasteiger partial charge on any atom is 0.0693 e. The zero-order valence-electron chi connectivity index (χ0n) is 8.68. The maximum atomic E-state index is 4.60. The average Bonchev–Trinajstić information content (AvgIpc) is 2.41. The molecule has 0 N–H and O–H groups in total. The van der Waals surface area contributed by atoms with Gasteiger partial charge in [0.2, 0.25) is 0 Å². The van der Waals surface area contributed by atoms with Crippen LogP contribution in [0.1, 0.15) is 13.8 Å². The lowest BCUT2D eigenvalue weighted by atomic mass is 10.1. The Labute approximate surface area is 81.1 Å². The Morgan fingerprint density at radius 3 is 2.69 bits per heavy atom. The maximum absolute atomic E-state index is 4.60. The molecule has 13 heavy (non-hydrogen) atoms. The van der Waals surface area contributed by atoms with Gasteiger partial charge in [-0.25, -0.2) is 0 Å². The molecule has 2 heteroatoms. The predicted octanol–water partition coefficient (Wildman–Crippen LogP) is 2.43. The highest BCUT2D eigenvalue weighted by molar-refractivity contribution is 6.85. The highest BCUT2D eigenvalue weighted by Gasteiger charge is 2.27. The van der Waals surface area contributed by atoms with E-state index < -0.39 is 0 Å². The van der Waals surface area contributed by atoms with Crippen molar-refractivity contribution in [1.82, 2.24) is 0 Å². The van der Waals surface area contributed by atoms with E-state index in [0.29, 0.717) is 5.92 Å². The van der Waals surface area contributed by atoms with Crippen molar-refractivity contribution in [1.29, 1.82) is 0 Å². The lowest BCUT2D eigenvalue weighted by Gasteiger charge is -2.07. The van der Waals surface area contributed by atoms with E-state index in [9.17, 15) is 0 Å². The Morgan fingerprint density at radius 1 is 1.38 bits per heavy atom. The second kappa shape index (κ2) is 2.88. The minimum Gasteiger partial charge on any atom is -0.253 e. The van der Waals surface area contributed by atoms with Crippen molar-refractivity contribution >= 4 is 19.3 Å². The molecule has 0 fully saturated rings. The summed E-state index contributed by atoms with van der Waals surface area (Å²) in [6.45, 7) is 9.06. The van der Waals surface area contributed by atoms with Gasteiger partial charge in [0.25, 0.3) is 0 Å². The molecule has 68 valence electrons. The molecule has 0 radical (unpaired) electrons. The van der Waals surface area contributed by atoms with Gasteiger partial charge in [-0.05, 0) is 29.7 Å². The summed E-state index contributed by atoms with van der Waals surface area (Å²) in [7, 11) is -0.336. The number of fused-ring (bicyclic) bond motifs is 1. The van der Waals surface area contributed by atoms with Crippen molar-refractivity contribution in [3.8, 4) is 0 Å². The molecule has 0 aromatic carbocycles. The summed E-state index contributed by atoms with van der Waals surface area (Å²) >= 11 is 0. The van der Waals surface area contributed by atoms with Crippen LogP contribution in [0, 0.1) is 5.92 Å². The zero-order chi connectivity index (χ0) is 9.59. The molecule has 0 aromatic heterocycles. The monoisotopic (exact) mass is 189 g/mol. The van der Waals surface area contributed by atoms with Gasteiger partial charge in [-0.15, -0.1) is 0 Å². The summed E-state index contributed by atoms with van der Waals surface area (Å²) in [6.07, 6.45) is 4.55. The molecule has 0 saturated carbocycles. The number of aliphatic imine (C=N–C) groups is 1. The van der Waals surface area contributed by atoms with Gasteiger partial charge in [-0.1, -0.05) is 26.1 Å². The van der Waals surface area contributed by atoms with Crippen LogP contribution in [-0.4, -0.2) is 19.3 Å². The molecule has 0 amide bonds. The van der Waals surface area contributed by atoms with Crippen molar-refractivity contribution in [3.63, 3.8) is 0 Å². The van der Waals surface area contributed by atoms with Crippen LogP contribution in [0.25, 0.3) is 0 Å². The Morgan fingerprint density at radius 2 is 2.08 bits per heavy atom. The largest absolute Gasteiger partial charge is 0.253 e. The number of allylic oxidation sites excluding steroid dienone is 4. The fourth-order valence-corrected chi connectivity index (χ4v) is 3.84. The van der Waals surface area contributed by atoms with Gasteiger partial charge in [0.05, 0.1) is 5.71 Å². The Balaban J connectivity index is 2.53. The first kappa shape index (κ1) is 8.82. The molecule has 2 aliphatic rings. The van der Waals surface area contributed by atoms with Gasteiger partial charge < -0.3 is 0 Å². The van der Waals surface area contributed by atoms with E-state index in [1.807, 2.05) is 0 Å². The third-order valence-electron chi connectivity index (χ3n) is 2.60. The van der Waals surface area contributed by atoms with E-state index >= 15 is 0 Å². The van der Waals surface area contributed by atoms with Crippen LogP contribution in [0.15, 0.2) is 28.4 Å². The van der Waals surface area contributed by atoms with Crippen molar-refractivity contribution in [2.45, 2.75) is 26.9 Å². The molecule has 1 aliphatic carbocycles. The fourth-order valence-electron chi connectivity index (χ4n) is 2.17. The standard InChI is InChI=1S/C11H15NSi/c1-7-5-9-6-8(2)12-10(9)11(7)13(3)4/h5-7H,1-4H3. The van der Waals surface area contributed by atoms with Crippen LogP contribution in [0.3, 0.4) is 0 Å². The third-order valence-corrected chi connectivity index (χ3v) is 4.37. The fraction of sp³-hybridized carbons (Fsp3) is 0.455. The quantitative estimate of drug-likeness (QED) is 0.519. The number of hydrogen-bond acceptors (Lipinski definition) is 1. The summed E-state index contributed by atoms with van der Waals surface area (Å²) in [4.78, 5) is 4.60. The summed E-state index contributed by atoms with van der Waals surface area (Å²) in [5.74, 6) is 0.627. The Kier molecular flexibility index (Phi) is 1.95. The molecule has 2 rings (SSSR count). The van der Waals surface area contributed by atoms with Gasteiger partial charge in [-0.2, -0.15) is 0 Å². The lowest BCUT2D eigenvalue weighted by molar-refractivity contribution is 1.04. The molecule has 1 heterocycles. The van der Waals surface area contributed by atoms with E-state index in [-0.39, 0.29) is 8.41 Å². The molecule has 0 saturated heterocycles. The molecule has 1 aliphatic heterocycles. The number of rotatable bonds is 0. The molecule has 1 unspecified atom stereocenters.